The van der Waals surface area contributed by atoms with Gasteiger partial charge in [-0.1, -0.05) is 237 Å². The topological polar surface area (TPSA) is 175 Å². The third kappa shape index (κ3) is 42.0. The molecule has 1 saturated heterocycles. The number of esters is 1. The van der Waals surface area contributed by atoms with E-state index in [1.165, 1.54) is 186 Å². The van der Waals surface area contributed by atoms with Crippen molar-refractivity contribution in [3.63, 3.8) is 0 Å². The molecular formula is C63H117NO10. The van der Waals surface area contributed by atoms with Gasteiger partial charge in [0.25, 0.3) is 0 Å². The highest BCUT2D eigenvalue weighted by atomic mass is 16.7. The number of amides is 1. The first-order valence-corrected chi connectivity index (χ1v) is 31.3. The standard InChI is InChI=1S/C63H117NO10/c1-3-5-7-9-11-13-15-26-30-33-37-41-45-49-56(66)55(54-73-63-62(71)61(70)60(69)57(53-65)74-63)64-58(67)50-46-42-38-34-31-27-24-22-20-18-16-17-19-21-23-25-28-32-36-40-44-48-52-72-59(68)51-47-43-39-35-29-14-12-10-8-6-4-2/h10,12,18,20,45,49,55-57,60-63,65-66,69-71H,3-9,11,13-17,19,21-44,46-48,50-54H2,1-2H3,(H,64,67)/b12-10-,20-18-,49-45+. The number of hydrogen-bond acceptors (Lipinski definition) is 10. The highest BCUT2D eigenvalue weighted by Crippen LogP contribution is 2.23. The summed E-state index contributed by atoms with van der Waals surface area (Å²) in [7, 11) is 0. The van der Waals surface area contributed by atoms with Crippen molar-refractivity contribution in [2.75, 3.05) is 19.8 Å². The van der Waals surface area contributed by atoms with E-state index in [0.717, 1.165) is 77.0 Å². The van der Waals surface area contributed by atoms with Crippen LogP contribution in [0, 0.1) is 0 Å². The van der Waals surface area contributed by atoms with Gasteiger partial charge in [-0.3, -0.25) is 9.59 Å². The van der Waals surface area contributed by atoms with E-state index in [0.29, 0.717) is 19.4 Å². The summed E-state index contributed by atoms with van der Waals surface area (Å²) in [6.07, 6.45) is 55.2. The number of hydrogen-bond donors (Lipinski definition) is 6. The molecule has 0 aromatic rings. The molecule has 0 spiro atoms. The Kier molecular flexibility index (Phi) is 50.0. The molecule has 74 heavy (non-hydrogen) atoms. The first-order chi connectivity index (χ1) is 36.2. The van der Waals surface area contributed by atoms with Crippen LogP contribution >= 0.6 is 0 Å². The van der Waals surface area contributed by atoms with Gasteiger partial charge in [-0.15, -0.1) is 0 Å². The Balaban J connectivity index is 2.07. The van der Waals surface area contributed by atoms with Gasteiger partial charge in [-0.25, -0.2) is 0 Å². The van der Waals surface area contributed by atoms with Crippen LogP contribution in [0.5, 0.6) is 0 Å². The number of allylic oxidation sites excluding steroid dienone is 5. The molecule has 6 N–H and O–H groups in total. The second kappa shape index (κ2) is 52.9. The summed E-state index contributed by atoms with van der Waals surface area (Å²) in [4.78, 5) is 25.1. The smallest absolute Gasteiger partial charge is 0.305 e. The van der Waals surface area contributed by atoms with Gasteiger partial charge in [0.2, 0.25) is 5.91 Å². The van der Waals surface area contributed by atoms with Crippen molar-refractivity contribution in [2.45, 2.75) is 333 Å². The number of ether oxygens (including phenoxy) is 3. The van der Waals surface area contributed by atoms with E-state index in [4.69, 9.17) is 14.2 Å². The number of nitrogens with one attached hydrogen (secondary N) is 1. The van der Waals surface area contributed by atoms with E-state index in [1.807, 2.05) is 6.08 Å². The van der Waals surface area contributed by atoms with E-state index in [1.54, 1.807) is 6.08 Å². The third-order valence-electron chi connectivity index (χ3n) is 14.7. The number of aliphatic hydroxyl groups is 5. The molecule has 0 aromatic heterocycles. The van der Waals surface area contributed by atoms with Crippen LogP contribution in [0.1, 0.15) is 290 Å². The minimum absolute atomic E-state index is 0.0137. The van der Waals surface area contributed by atoms with Crippen molar-refractivity contribution in [2.24, 2.45) is 0 Å². The molecule has 0 radical (unpaired) electrons. The molecule has 0 aliphatic carbocycles. The molecule has 1 amide bonds. The van der Waals surface area contributed by atoms with Crippen LogP contribution in [-0.4, -0.2) is 100 Å². The van der Waals surface area contributed by atoms with Crippen LogP contribution in [0.2, 0.25) is 0 Å². The minimum atomic E-state index is -1.57. The van der Waals surface area contributed by atoms with Gasteiger partial charge in [-0.2, -0.15) is 0 Å². The molecule has 0 bridgehead atoms. The van der Waals surface area contributed by atoms with E-state index < -0.39 is 49.5 Å². The van der Waals surface area contributed by atoms with Gasteiger partial charge in [0.15, 0.2) is 6.29 Å². The molecule has 0 aromatic carbocycles. The quantitative estimate of drug-likeness (QED) is 0.0195. The van der Waals surface area contributed by atoms with Gasteiger partial charge >= 0.3 is 5.97 Å². The van der Waals surface area contributed by atoms with Crippen molar-refractivity contribution >= 4 is 11.9 Å². The monoisotopic (exact) mass is 1050 g/mol. The zero-order chi connectivity index (χ0) is 53.8. The second-order valence-corrected chi connectivity index (χ2v) is 21.8. The molecule has 7 unspecified atom stereocenters. The number of rotatable bonds is 54. The number of carbonyl (C=O) groups excluding carboxylic acids is 2. The molecule has 0 saturated carbocycles. The summed E-state index contributed by atoms with van der Waals surface area (Å²) in [6.45, 7) is 4.30. The number of carbonyl (C=O) groups is 2. The summed E-state index contributed by atoms with van der Waals surface area (Å²) in [5.41, 5.74) is 0. The molecule has 1 aliphatic heterocycles. The Morgan fingerprint density at radius 2 is 0.878 bits per heavy atom. The van der Waals surface area contributed by atoms with Gasteiger partial charge < -0.3 is 45.1 Å². The molecule has 1 aliphatic rings. The Morgan fingerprint density at radius 1 is 0.486 bits per heavy atom. The first-order valence-electron chi connectivity index (χ1n) is 31.3. The van der Waals surface area contributed by atoms with Gasteiger partial charge in [0.05, 0.1) is 32.0 Å². The molecule has 7 atom stereocenters. The fourth-order valence-corrected chi connectivity index (χ4v) is 9.70. The van der Waals surface area contributed by atoms with Gasteiger partial charge in [0.1, 0.15) is 24.4 Å². The Hall–Kier alpha value is -2.12. The SMILES string of the molecule is CCCC/C=C\CCCCCCCC(=O)OCCCCCCCCCCCCC/C=C\CCCCCCCCCC(=O)NC(COC1OC(CO)C(O)C(O)C1O)C(O)/C=C/CCCCCCCCCCCCC. The van der Waals surface area contributed by atoms with Gasteiger partial charge in [-0.05, 0) is 77.0 Å². The van der Waals surface area contributed by atoms with Crippen LogP contribution < -0.4 is 5.32 Å². The average Bonchev–Trinajstić information content (AvgIpc) is 3.40. The van der Waals surface area contributed by atoms with Crippen molar-refractivity contribution in [3.8, 4) is 0 Å². The summed E-state index contributed by atoms with van der Waals surface area (Å²) in [5.74, 6) is -0.202. The second-order valence-electron chi connectivity index (χ2n) is 21.8. The highest BCUT2D eigenvalue weighted by Gasteiger charge is 2.44. The van der Waals surface area contributed by atoms with Crippen LogP contribution in [0.25, 0.3) is 0 Å². The Morgan fingerprint density at radius 3 is 1.34 bits per heavy atom. The molecule has 1 rings (SSSR count). The Bertz CT molecular complexity index is 1320. The molecular weight excluding hydrogens is 931 g/mol. The van der Waals surface area contributed by atoms with E-state index in [-0.39, 0.29) is 18.5 Å². The number of unbranched alkanes of at least 4 members (excludes halogenated alkanes) is 36. The van der Waals surface area contributed by atoms with Crippen LogP contribution in [0.4, 0.5) is 0 Å². The van der Waals surface area contributed by atoms with E-state index >= 15 is 0 Å². The maximum Gasteiger partial charge on any atom is 0.305 e. The summed E-state index contributed by atoms with van der Waals surface area (Å²) in [6, 6.07) is -0.815. The highest BCUT2D eigenvalue weighted by molar-refractivity contribution is 5.76. The zero-order valence-corrected chi connectivity index (χ0v) is 47.8. The molecule has 434 valence electrons. The average molecular weight is 1050 g/mol. The first kappa shape index (κ1) is 69.9. The van der Waals surface area contributed by atoms with Crippen molar-refractivity contribution in [3.05, 3.63) is 36.5 Å². The predicted molar refractivity (Wildman–Crippen MR) is 306 cm³/mol. The minimum Gasteiger partial charge on any atom is -0.466 e. The fourth-order valence-electron chi connectivity index (χ4n) is 9.70. The van der Waals surface area contributed by atoms with Crippen LogP contribution in [0.15, 0.2) is 36.5 Å². The molecule has 11 heteroatoms. The number of aliphatic hydroxyl groups excluding tert-OH is 5. The summed E-state index contributed by atoms with van der Waals surface area (Å²) < 4.78 is 16.7. The lowest BCUT2D eigenvalue weighted by Crippen LogP contribution is -2.60. The van der Waals surface area contributed by atoms with E-state index in [9.17, 15) is 35.1 Å². The van der Waals surface area contributed by atoms with E-state index in [2.05, 4.69) is 43.5 Å². The van der Waals surface area contributed by atoms with Crippen molar-refractivity contribution in [1.82, 2.24) is 5.32 Å². The van der Waals surface area contributed by atoms with Crippen LogP contribution in [0.3, 0.4) is 0 Å². The van der Waals surface area contributed by atoms with Crippen molar-refractivity contribution in [1.29, 1.82) is 0 Å². The van der Waals surface area contributed by atoms with Crippen molar-refractivity contribution < 1.29 is 49.3 Å². The molecule has 1 fully saturated rings. The van der Waals surface area contributed by atoms with Gasteiger partial charge in [0, 0.05) is 12.8 Å². The lowest BCUT2D eigenvalue weighted by atomic mass is 9.99. The maximum absolute atomic E-state index is 13.0. The molecule has 1 heterocycles. The summed E-state index contributed by atoms with van der Waals surface area (Å²) in [5, 5.41) is 54.4. The predicted octanol–water partition coefficient (Wildman–Crippen LogP) is 14.7. The Labute approximate surface area is 453 Å². The lowest BCUT2D eigenvalue weighted by molar-refractivity contribution is -0.302. The lowest BCUT2D eigenvalue weighted by Gasteiger charge is -2.40. The fraction of sp³-hybridized carbons (Fsp3) is 0.873. The summed E-state index contributed by atoms with van der Waals surface area (Å²) >= 11 is 0. The maximum atomic E-state index is 13.0. The largest absolute Gasteiger partial charge is 0.466 e. The molecule has 11 nitrogen and oxygen atoms in total. The zero-order valence-electron chi connectivity index (χ0n) is 47.8. The van der Waals surface area contributed by atoms with Crippen LogP contribution in [-0.2, 0) is 23.8 Å². The normalized spacial score (nSPS) is 19.0. The third-order valence-corrected chi connectivity index (χ3v) is 14.7.